The minimum atomic E-state index is -0.339. The van der Waals surface area contributed by atoms with Gasteiger partial charge in [-0.05, 0) is 92.4 Å². The van der Waals surface area contributed by atoms with Crippen molar-refractivity contribution >= 4 is 55.7 Å². The van der Waals surface area contributed by atoms with E-state index >= 15 is 0 Å². The lowest BCUT2D eigenvalue weighted by Crippen LogP contribution is -2.27. The minimum Gasteiger partial charge on any atom is -0.490 e. The molecule has 1 fully saturated rings. The second-order valence-corrected chi connectivity index (χ2v) is 10.4. The first-order chi connectivity index (χ1) is 18.4. The number of benzene rings is 4. The zero-order valence-electron chi connectivity index (χ0n) is 20.4. The summed E-state index contributed by atoms with van der Waals surface area (Å²) in [5, 5.41) is 1.76. The highest BCUT2D eigenvalue weighted by Gasteiger charge is 2.35. The molecule has 5 rings (SSSR count). The first-order valence-corrected chi connectivity index (χ1v) is 13.6. The number of amides is 2. The van der Waals surface area contributed by atoms with Gasteiger partial charge in [0, 0.05) is 0 Å². The Bertz CT molecular complexity index is 1570. The normalized spacial score (nSPS) is 14.5. The molecule has 0 saturated carbocycles. The predicted molar refractivity (Wildman–Crippen MR) is 152 cm³/mol. The molecule has 0 atom stereocenters. The summed E-state index contributed by atoms with van der Waals surface area (Å²) < 4.78 is 25.9. The average molecular weight is 592 g/mol. The zero-order chi connectivity index (χ0) is 26.6. The molecule has 0 bridgehead atoms. The minimum absolute atomic E-state index is 0.156. The summed E-state index contributed by atoms with van der Waals surface area (Å²) in [5.41, 5.74) is 2.27. The highest BCUT2D eigenvalue weighted by molar-refractivity contribution is 9.10. The predicted octanol–water partition coefficient (Wildman–Crippen LogP) is 7.96. The van der Waals surface area contributed by atoms with E-state index in [1.54, 1.807) is 30.3 Å². The van der Waals surface area contributed by atoms with Crippen LogP contribution in [-0.4, -0.2) is 22.7 Å². The molecule has 0 unspecified atom stereocenters. The van der Waals surface area contributed by atoms with Crippen molar-refractivity contribution in [3.8, 4) is 11.5 Å². The van der Waals surface area contributed by atoms with E-state index in [-0.39, 0.29) is 30.1 Å². The number of fused-ring (bicyclic) bond motifs is 1. The summed E-state index contributed by atoms with van der Waals surface area (Å²) in [6, 6.07) is 23.5. The largest absolute Gasteiger partial charge is 0.490 e. The lowest BCUT2D eigenvalue weighted by atomic mass is 10.0. The second kappa shape index (κ2) is 11.4. The number of hydrogen-bond acceptors (Lipinski definition) is 5. The van der Waals surface area contributed by atoms with E-state index in [1.807, 2.05) is 49.4 Å². The van der Waals surface area contributed by atoms with Crippen LogP contribution in [0.1, 0.15) is 23.6 Å². The van der Waals surface area contributed by atoms with Crippen LogP contribution in [-0.2, 0) is 17.9 Å². The van der Waals surface area contributed by atoms with E-state index < -0.39 is 0 Å². The molecule has 0 spiro atoms. The summed E-state index contributed by atoms with van der Waals surface area (Å²) in [5.74, 6) is 0.269. The Morgan fingerprint density at radius 3 is 2.58 bits per heavy atom. The van der Waals surface area contributed by atoms with Gasteiger partial charge < -0.3 is 9.47 Å². The molecule has 0 radical (unpaired) electrons. The van der Waals surface area contributed by atoms with Crippen LogP contribution in [0.2, 0.25) is 0 Å². The fraction of sp³-hybridized carbons (Fsp3) is 0.133. The SMILES string of the molecule is CCOc1cc(/C=C2/SC(=O)N(Cc3cccc4ccccc34)C2=O)cc(Br)c1OCc1cccc(F)c1. The molecular weight excluding hydrogens is 569 g/mol. The average Bonchev–Trinajstić information content (AvgIpc) is 3.16. The van der Waals surface area contributed by atoms with Gasteiger partial charge in [-0.3, -0.25) is 14.5 Å². The highest BCUT2D eigenvalue weighted by Crippen LogP contribution is 2.40. The molecule has 1 heterocycles. The summed E-state index contributed by atoms with van der Waals surface area (Å²) in [7, 11) is 0. The van der Waals surface area contributed by atoms with Crippen molar-refractivity contribution in [2.24, 2.45) is 0 Å². The third-order valence-electron chi connectivity index (χ3n) is 5.98. The van der Waals surface area contributed by atoms with Crippen LogP contribution < -0.4 is 9.47 Å². The third-order valence-corrected chi connectivity index (χ3v) is 7.48. The lowest BCUT2D eigenvalue weighted by Gasteiger charge is -2.15. The number of carbonyl (C=O) groups excluding carboxylic acids is 2. The van der Waals surface area contributed by atoms with Gasteiger partial charge in [0.1, 0.15) is 12.4 Å². The Balaban J connectivity index is 1.38. The van der Waals surface area contributed by atoms with Gasteiger partial charge in [0.15, 0.2) is 11.5 Å². The zero-order valence-corrected chi connectivity index (χ0v) is 22.9. The first-order valence-electron chi connectivity index (χ1n) is 12.0. The van der Waals surface area contributed by atoms with Crippen LogP contribution in [0.5, 0.6) is 11.5 Å². The number of imide groups is 1. The fourth-order valence-corrected chi connectivity index (χ4v) is 5.66. The molecule has 1 saturated heterocycles. The Morgan fingerprint density at radius 1 is 0.974 bits per heavy atom. The maximum Gasteiger partial charge on any atom is 0.293 e. The van der Waals surface area contributed by atoms with Crippen molar-refractivity contribution in [1.29, 1.82) is 0 Å². The van der Waals surface area contributed by atoms with Gasteiger partial charge in [0.2, 0.25) is 0 Å². The van der Waals surface area contributed by atoms with Crippen LogP contribution in [0.25, 0.3) is 16.8 Å². The third kappa shape index (κ3) is 5.61. The van der Waals surface area contributed by atoms with Crippen LogP contribution in [0.3, 0.4) is 0 Å². The van der Waals surface area contributed by atoms with Gasteiger partial charge in [0.25, 0.3) is 11.1 Å². The van der Waals surface area contributed by atoms with E-state index in [9.17, 15) is 14.0 Å². The number of ether oxygens (including phenoxy) is 2. The number of rotatable bonds is 8. The molecule has 8 heteroatoms. The number of hydrogen-bond donors (Lipinski definition) is 0. The Hall–Kier alpha value is -3.62. The van der Waals surface area contributed by atoms with Crippen LogP contribution in [0.4, 0.5) is 9.18 Å². The molecule has 0 aromatic heterocycles. The maximum absolute atomic E-state index is 13.5. The molecule has 4 aromatic rings. The molecule has 0 N–H and O–H groups in total. The standard InChI is InChI=1S/C30H23BrFNO4S/c1-2-36-26-15-20(14-25(31)28(26)37-18-19-7-5-11-23(32)13-19)16-27-29(34)33(30(35)38-27)17-22-10-6-9-21-8-3-4-12-24(21)22/h3-16H,2,17-18H2,1H3/b27-16+. The molecule has 1 aliphatic rings. The molecule has 192 valence electrons. The number of thioether (sulfide) groups is 1. The van der Waals surface area contributed by atoms with Gasteiger partial charge in [-0.25, -0.2) is 4.39 Å². The molecule has 4 aromatic carbocycles. The van der Waals surface area contributed by atoms with Gasteiger partial charge in [-0.2, -0.15) is 0 Å². The smallest absolute Gasteiger partial charge is 0.293 e. The van der Waals surface area contributed by atoms with Crippen molar-refractivity contribution in [3.05, 3.63) is 111 Å². The van der Waals surface area contributed by atoms with Crippen molar-refractivity contribution < 1.29 is 23.5 Å². The molecule has 2 amide bonds. The van der Waals surface area contributed by atoms with E-state index in [0.717, 1.165) is 28.1 Å². The molecular formula is C30H23BrFNO4S. The summed E-state index contributed by atoms with van der Waals surface area (Å²) in [4.78, 5) is 27.6. The highest BCUT2D eigenvalue weighted by atomic mass is 79.9. The summed E-state index contributed by atoms with van der Waals surface area (Å²) in [6.45, 7) is 2.61. The first kappa shape index (κ1) is 26.0. The quantitative estimate of drug-likeness (QED) is 0.194. The summed E-state index contributed by atoms with van der Waals surface area (Å²) >= 11 is 4.45. The maximum atomic E-state index is 13.5. The molecule has 5 nitrogen and oxygen atoms in total. The lowest BCUT2D eigenvalue weighted by molar-refractivity contribution is -0.123. The topological polar surface area (TPSA) is 55.8 Å². The van der Waals surface area contributed by atoms with E-state index in [1.165, 1.54) is 17.0 Å². The number of nitrogens with zero attached hydrogens (tertiary/aromatic N) is 1. The van der Waals surface area contributed by atoms with E-state index in [2.05, 4.69) is 15.9 Å². The van der Waals surface area contributed by atoms with Crippen molar-refractivity contribution in [2.75, 3.05) is 6.61 Å². The van der Waals surface area contributed by atoms with Crippen LogP contribution in [0.15, 0.2) is 88.2 Å². The summed E-state index contributed by atoms with van der Waals surface area (Å²) in [6.07, 6.45) is 1.68. The monoisotopic (exact) mass is 591 g/mol. The second-order valence-electron chi connectivity index (χ2n) is 8.59. The molecule has 38 heavy (non-hydrogen) atoms. The van der Waals surface area contributed by atoms with E-state index in [4.69, 9.17) is 9.47 Å². The Morgan fingerprint density at radius 2 is 1.76 bits per heavy atom. The Labute approximate surface area is 232 Å². The van der Waals surface area contributed by atoms with Crippen molar-refractivity contribution in [1.82, 2.24) is 4.90 Å². The van der Waals surface area contributed by atoms with Crippen molar-refractivity contribution in [3.63, 3.8) is 0 Å². The van der Waals surface area contributed by atoms with Crippen LogP contribution in [0, 0.1) is 5.82 Å². The van der Waals surface area contributed by atoms with Crippen molar-refractivity contribution in [2.45, 2.75) is 20.1 Å². The van der Waals surface area contributed by atoms with Gasteiger partial charge in [-0.15, -0.1) is 0 Å². The van der Waals surface area contributed by atoms with Crippen LogP contribution >= 0.6 is 27.7 Å². The molecule has 0 aliphatic carbocycles. The van der Waals surface area contributed by atoms with Gasteiger partial charge in [-0.1, -0.05) is 54.6 Å². The van der Waals surface area contributed by atoms with E-state index in [0.29, 0.717) is 38.6 Å². The fourth-order valence-electron chi connectivity index (χ4n) is 4.24. The van der Waals surface area contributed by atoms with Gasteiger partial charge >= 0.3 is 0 Å². The van der Waals surface area contributed by atoms with Gasteiger partial charge in [0.05, 0.1) is 22.5 Å². The number of halogens is 2. The molecule has 1 aliphatic heterocycles. The number of carbonyl (C=O) groups is 2. The Kier molecular flexibility index (Phi) is 7.81.